The number of nitrogens with one attached hydrogen (secondary N) is 1. The van der Waals surface area contributed by atoms with E-state index in [0.717, 1.165) is 30.8 Å². The Hall–Kier alpha value is -2.14. The predicted octanol–water partition coefficient (Wildman–Crippen LogP) is 1.46. The molecular weight excluding hydrogens is 250 g/mol. The maximum Gasteiger partial charge on any atom is 0.113 e. The molecule has 2 heterocycles. The van der Waals surface area contributed by atoms with Gasteiger partial charge in [-0.3, -0.25) is 15.0 Å². The maximum atomic E-state index is 7.95. The number of hydrogen-bond donors (Lipinski definition) is 2. The zero-order valence-corrected chi connectivity index (χ0v) is 11.6. The summed E-state index contributed by atoms with van der Waals surface area (Å²) in [4.78, 5) is 2.25. The van der Waals surface area contributed by atoms with E-state index >= 15 is 0 Å². The van der Waals surface area contributed by atoms with Crippen molar-refractivity contribution in [3.8, 4) is 0 Å². The number of aromatic nitrogens is 2. The van der Waals surface area contributed by atoms with Crippen molar-refractivity contribution in [2.24, 2.45) is 12.8 Å². The lowest BCUT2D eigenvalue weighted by Gasteiger charge is -2.36. The first-order valence-corrected chi connectivity index (χ1v) is 6.79. The van der Waals surface area contributed by atoms with Gasteiger partial charge in [0, 0.05) is 26.3 Å². The molecule has 0 bridgehead atoms. The van der Waals surface area contributed by atoms with Crippen molar-refractivity contribution >= 4 is 5.84 Å². The number of amidine groups is 1. The summed E-state index contributed by atoms with van der Waals surface area (Å²) in [6.45, 7) is 1.67. The first-order valence-electron chi connectivity index (χ1n) is 6.79. The van der Waals surface area contributed by atoms with Gasteiger partial charge < -0.3 is 5.73 Å². The molecule has 0 spiro atoms. The molecule has 0 saturated carbocycles. The van der Waals surface area contributed by atoms with Crippen molar-refractivity contribution < 1.29 is 0 Å². The third-order valence-corrected chi connectivity index (χ3v) is 3.97. The Kier molecular flexibility index (Phi) is 3.28. The SMILES string of the molecule is Cn1nccc1CN1CCc2ccccc2C1C(=N)N. The molecule has 0 amide bonds. The van der Waals surface area contributed by atoms with Crippen LogP contribution < -0.4 is 5.73 Å². The average molecular weight is 269 g/mol. The molecule has 1 aromatic carbocycles. The van der Waals surface area contributed by atoms with E-state index in [1.54, 1.807) is 6.20 Å². The van der Waals surface area contributed by atoms with E-state index in [0.29, 0.717) is 0 Å². The topological polar surface area (TPSA) is 70.9 Å². The van der Waals surface area contributed by atoms with Gasteiger partial charge in [0.2, 0.25) is 0 Å². The lowest BCUT2D eigenvalue weighted by Crippen LogP contribution is -2.42. The fourth-order valence-corrected chi connectivity index (χ4v) is 2.92. The van der Waals surface area contributed by atoms with Gasteiger partial charge in [0.05, 0.1) is 11.7 Å². The third kappa shape index (κ3) is 2.20. The van der Waals surface area contributed by atoms with Crippen molar-refractivity contribution in [3.05, 3.63) is 53.3 Å². The van der Waals surface area contributed by atoms with Crippen LogP contribution in [0.5, 0.6) is 0 Å². The van der Waals surface area contributed by atoms with Gasteiger partial charge in [0.25, 0.3) is 0 Å². The minimum absolute atomic E-state index is 0.130. The smallest absolute Gasteiger partial charge is 0.113 e. The van der Waals surface area contributed by atoms with E-state index in [9.17, 15) is 0 Å². The van der Waals surface area contributed by atoms with E-state index in [1.165, 1.54) is 5.56 Å². The van der Waals surface area contributed by atoms with E-state index in [1.807, 2.05) is 29.9 Å². The van der Waals surface area contributed by atoms with Gasteiger partial charge >= 0.3 is 0 Å². The van der Waals surface area contributed by atoms with E-state index in [2.05, 4.69) is 22.1 Å². The summed E-state index contributed by atoms with van der Waals surface area (Å²) < 4.78 is 1.87. The molecule has 1 aliphatic rings. The molecule has 5 nitrogen and oxygen atoms in total. The summed E-state index contributed by atoms with van der Waals surface area (Å²) >= 11 is 0. The Bertz CT molecular complexity index is 631. The molecule has 5 heteroatoms. The summed E-state index contributed by atoms with van der Waals surface area (Å²) in [7, 11) is 1.94. The minimum atomic E-state index is -0.130. The zero-order chi connectivity index (χ0) is 14.1. The van der Waals surface area contributed by atoms with Crippen LogP contribution in [0.1, 0.15) is 22.9 Å². The van der Waals surface area contributed by atoms with Crippen LogP contribution in [0.3, 0.4) is 0 Å². The van der Waals surface area contributed by atoms with Gasteiger partial charge in [-0.05, 0) is 23.6 Å². The van der Waals surface area contributed by atoms with Crippen LogP contribution in [0.2, 0.25) is 0 Å². The minimum Gasteiger partial charge on any atom is -0.386 e. The van der Waals surface area contributed by atoms with Gasteiger partial charge in [0.15, 0.2) is 0 Å². The molecule has 0 fully saturated rings. The van der Waals surface area contributed by atoms with Crippen molar-refractivity contribution in [2.45, 2.75) is 19.0 Å². The normalized spacial score (nSPS) is 18.8. The Labute approximate surface area is 118 Å². The van der Waals surface area contributed by atoms with Crippen LogP contribution in [0.25, 0.3) is 0 Å². The summed E-state index contributed by atoms with van der Waals surface area (Å²) in [5.74, 6) is 0.208. The second-order valence-corrected chi connectivity index (χ2v) is 5.22. The number of nitrogens with two attached hydrogens (primary N) is 1. The number of benzene rings is 1. The molecular formula is C15H19N5. The molecule has 3 rings (SSSR count). The summed E-state index contributed by atoms with van der Waals surface area (Å²) in [6, 6.07) is 10.2. The highest BCUT2D eigenvalue weighted by Gasteiger charge is 2.29. The molecule has 0 aliphatic carbocycles. The van der Waals surface area contributed by atoms with E-state index < -0.39 is 0 Å². The number of aryl methyl sites for hydroxylation is 1. The molecule has 0 saturated heterocycles. The predicted molar refractivity (Wildman–Crippen MR) is 78.4 cm³/mol. The van der Waals surface area contributed by atoms with E-state index in [4.69, 9.17) is 11.1 Å². The largest absolute Gasteiger partial charge is 0.386 e. The van der Waals surface area contributed by atoms with Crippen molar-refractivity contribution in [1.29, 1.82) is 5.41 Å². The Balaban J connectivity index is 1.92. The molecule has 2 aromatic rings. The molecule has 1 aromatic heterocycles. The first kappa shape index (κ1) is 12.9. The monoisotopic (exact) mass is 269 g/mol. The molecule has 0 radical (unpaired) electrons. The van der Waals surface area contributed by atoms with Crippen LogP contribution in [0, 0.1) is 5.41 Å². The van der Waals surface area contributed by atoms with Crippen LogP contribution in [0.15, 0.2) is 36.5 Å². The number of rotatable bonds is 3. The quantitative estimate of drug-likeness (QED) is 0.654. The van der Waals surface area contributed by atoms with Crippen molar-refractivity contribution in [2.75, 3.05) is 6.54 Å². The summed E-state index contributed by atoms with van der Waals surface area (Å²) in [6.07, 6.45) is 2.80. The Morgan fingerprint density at radius 1 is 1.40 bits per heavy atom. The summed E-state index contributed by atoms with van der Waals surface area (Å²) in [5.41, 5.74) is 9.45. The van der Waals surface area contributed by atoms with Crippen LogP contribution in [0.4, 0.5) is 0 Å². The van der Waals surface area contributed by atoms with Gasteiger partial charge in [0.1, 0.15) is 5.84 Å². The highest BCUT2D eigenvalue weighted by atomic mass is 15.3. The number of hydrogen-bond acceptors (Lipinski definition) is 3. The molecule has 104 valence electrons. The van der Waals surface area contributed by atoms with Gasteiger partial charge in [-0.15, -0.1) is 0 Å². The maximum absolute atomic E-state index is 7.95. The molecule has 20 heavy (non-hydrogen) atoms. The molecule has 3 N–H and O–H groups in total. The number of fused-ring (bicyclic) bond motifs is 1. The van der Waals surface area contributed by atoms with Gasteiger partial charge in [-0.2, -0.15) is 5.10 Å². The fourth-order valence-electron chi connectivity index (χ4n) is 2.92. The Morgan fingerprint density at radius 3 is 2.90 bits per heavy atom. The molecule has 1 atom stereocenters. The average Bonchev–Trinajstić information content (AvgIpc) is 2.83. The highest BCUT2D eigenvalue weighted by Crippen LogP contribution is 2.30. The highest BCUT2D eigenvalue weighted by molar-refractivity contribution is 5.84. The van der Waals surface area contributed by atoms with Crippen LogP contribution >= 0.6 is 0 Å². The van der Waals surface area contributed by atoms with Crippen LogP contribution in [-0.2, 0) is 20.0 Å². The molecule has 1 aliphatic heterocycles. The van der Waals surface area contributed by atoms with Crippen molar-refractivity contribution in [1.82, 2.24) is 14.7 Å². The third-order valence-electron chi connectivity index (χ3n) is 3.97. The standard InChI is InChI=1S/C15H19N5/c1-19-12(6-8-18-19)10-20-9-7-11-4-2-3-5-13(11)14(20)15(16)17/h2-6,8,14H,7,9-10H2,1H3,(H3,16,17). The first-order chi connectivity index (χ1) is 9.66. The Morgan fingerprint density at radius 2 is 2.20 bits per heavy atom. The lowest BCUT2D eigenvalue weighted by molar-refractivity contribution is 0.216. The number of nitrogens with zero attached hydrogens (tertiary/aromatic N) is 3. The van der Waals surface area contributed by atoms with Gasteiger partial charge in [-0.1, -0.05) is 24.3 Å². The van der Waals surface area contributed by atoms with Crippen LogP contribution in [-0.4, -0.2) is 27.1 Å². The molecule has 1 unspecified atom stereocenters. The fraction of sp³-hybridized carbons (Fsp3) is 0.333. The zero-order valence-electron chi connectivity index (χ0n) is 11.6. The lowest BCUT2D eigenvalue weighted by atomic mass is 9.92. The second-order valence-electron chi connectivity index (χ2n) is 5.22. The van der Waals surface area contributed by atoms with Gasteiger partial charge in [-0.25, -0.2) is 0 Å². The van der Waals surface area contributed by atoms with E-state index in [-0.39, 0.29) is 11.9 Å². The second kappa shape index (κ2) is 5.09. The van der Waals surface area contributed by atoms with Crippen molar-refractivity contribution in [3.63, 3.8) is 0 Å². The summed E-state index contributed by atoms with van der Waals surface area (Å²) in [5, 5.41) is 12.1.